The molecule has 4 nitrogen and oxygen atoms in total. The van der Waals surface area contributed by atoms with E-state index < -0.39 is 6.09 Å². The molecule has 0 fully saturated rings. The van der Waals surface area contributed by atoms with Crippen molar-refractivity contribution >= 4 is 17.5 Å². The summed E-state index contributed by atoms with van der Waals surface area (Å²) in [7, 11) is 0. The number of cyclic esters (lactones) is 1. The molecule has 61 valence electrons. The van der Waals surface area contributed by atoms with Crippen LogP contribution in [0.3, 0.4) is 0 Å². The normalized spacial score (nSPS) is 14.5. The number of hydrogen-bond acceptors (Lipinski definition) is 2. The highest BCUT2D eigenvalue weighted by Gasteiger charge is 2.14. The summed E-state index contributed by atoms with van der Waals surface area (Å²) in [5.74, 6) is 0. The Morgan fingerprint density at radius 1 is 1.50 bits per heavy atom. The maximum absolute atomic E-state index is 10.7. The average molecular weight is 163 g/mol. The first-order valence-corrected chi connectivity index (χ1v) is 3.54. The lowest BCUT2D eigenvalue weighted by atomic mass is 10.1. The Kier molecular flexibility index (Phi) is 1.40. The van der Waals surface area contributed by atoms with E-state index in [0.29, 0.717) is 5.69 Å². The van der Waals surface area contributed by atoms with Gasteiger partial charge in [-0.3, -0.25) is 5.32 Å². The van der Waals surface area contributed by atoms with Gasteiger partial charge in [0.25, 0.3) is 0 Å². The van der Waals surface area contributed by atoms with Crippen molar-refractivity contribution in [1.82, 2.24) is 5.73 Å². The Morgan fingerprint density at radius 3 is 3.17 bits per heavy atom. The van der Waals surface area contributed by atoms with Crippen molar-refractivity contribution in [1.29, 1.82) is 0 Å². The average Bonchev–Trinajstić information content (AvgIpc) is 2.05. The summed E-state index contributed by atoms with van der Waals surface area (Å²) in [6, 6.07) is 5.01. The zero-order valence-electron chi connectivity index (χ0n) is 6.26. The molecule has 2 N–H and O–H groups in total. The predicted octanol–water partition coefficient (Wildman–Crippen LogP) is 1.66. The van der Waals surface area contributed by atoms with Crippen molar-refractivity contribution in [3.8, 4) is 0 Å². The van der Waals surface area contributed by atoms with Crippen LogP contribution in [0.25, 0.3) is 0 Å². The van der Waals surface area contributed by atoms with Crippen LogP contribution in [-0.2, 0) is 11.3 Å². The van der Waals surface area contributed by atoms with E-state index in [1.54, 1.807) is 18.2 Å². The molecule has 12 heavy (non-hydrogen) atoms. The number of anilines is 1. The third kappa shape index (κ3) is 1.07. The molecule has 1 aliphatic rings. The number of hydrogen-bond donors (Lipinski definition) is 1. The first kappa shape index (κ1) is 6.97. The summed E-state index contributed by atoms with van der Waals surface area (Å²) in [6.07, 6.45) is -0.430. The van der Waals surface area contributed by atoms with Crippen LogP contribution >= 0.6 is 0 Å². The second-order valence-corrected chi connectivity index (χ2v) is 2.57. The maximum atomic E-state index is 10.7. The van der Waals surface area contributed by atoms with Crippen LogP contribution in [0.2, 0.25) is 0 Å². The summed E-state index contributed by atoms with van der Waals surface area (Å²) in [4.78, 5) is 10.7. The number of fused-ring (bicyclic) bond motifs is 1. The largest absolute Gasteiger partial charge is 0.444 e. The van der Waals surface area contributed by atoms with Crippen LogP contribution in [0.1, 0.15) is 5.56 Å². The third-order valence-corrected chi connectivity index (χ3v) is 1.70. The number of carbonyl (C=O) groups is 1. The summed E-state index contributed by atoms with van der Waals surface area (Å²) in [6.45, 7) is 0.258. The van der Waals surface area contributed by atoms with E-state index in [-0.39, 0.29) is 6.61 Å². The highest BCUT2D eigenvalue weighted by molar-refractivity contribution is 5.87. The predicted molar refractivity (Wildman–Crippen MR) is 43.0 cm³/mol. The zero-order chi connectivity index (χ0) is 8.55. The summed E-state index contributed by atoms with van der Waals surface area (Å²) in [5, 5.41) is 2.54. The molecule has 0 bridgehead atoms. The topological polar surface area (TPSA) is 62.1 Å². The molecule has 0 aromatic heterocycles. The van der Waals surface area contributed by atoms with Crippen molar-refractivity contribution in [2.24, 2.45) is 0 Å². The molecule has 4 heteroatoms. The molecule has 2 rings (SSSR count). The van der Waals surface area contributed by atoms with Gasteiger partial charge in [-0.05, 0) is 18.2 Å². The molecule has 1 radical (unpaired) electrons. The number of ether oxygens (including phenoxy) is 1. The monoisotopic (exact) mass is 163 g/mol. The molecule has 0 saturated carbocycles. The minimum absolute atomic E-state index is 0.258. The van der Waals surface area contributed by atoms with Gasteiger partial charge < -0.3 is 10.5 Å². The van der Waals surface area contributed by atoms with Crippen molar-refractivity contribution in [3.63, 3.8) is 0 Å². The first-order valence-electron chi connectivity index (χ1n) is 3.54. The van der Waals surface area contributed by atoms with Gasteiger partial charge in [0.15, 0.2) is 0 Å². The molecule has 1 aromatic carbocycles. The molecule has 1 aliphatic heterocycles. The fraction of sp³-hybridized carbons (Fsp3) is 0.125. The van der Waals surface area contributed by atoms with Crippen molar-refractivity contribution < 1.29 is 9.53 Å². The molecule has 0 saturated heterocycles. The minimum Gasteiger partial charge on any atom is -0.444 e. The van der Waals surface area contributed by atoms with E-state index in [1.165, 1.54) is 0 Å². The van der Waals surface area contributed by atoms with Gasteiger partial charge in [-0.25, -0.2) is 4.79 Å². The second kappa shape index (κ2) is 2.41. The summed E-state index contributed by atoms with van der Waals surface area (Å²) >= 11 is 0. The van der Waals surface area contributed by atoms with E-state index in [1.807, 2.05) is 0 Å². The standard InChI is InChI=1S/C8H7N2O2/c9-6-1-2-7-5(3-6)4-12-8(11)10-7/h1-3,9H,4H2,(H,10,11). The first-order chi connectivity index (χ1) is 5.75. The Labute approximate surface area is 69.3 Å². The van der Waals surface area contributed by atoms with Crippen LogP contribution in [0.4, 0.5) is 16.2 Å². The van der Waals surface area contributed by atoms with Gasteiger partial charge in [0.1, 0.15) is 6.61 Å². The van der Waals surface area contributed by atoms with Gasteiger partial charge >= 0.3 is 6.09 Å². The Hall–Kier alpha value is -1.71. The molecule has 0 spiro atoms. The number of nitrogens with one attached hydrogen (secondary N) is 2. The van der Waals surface area contributed by atoms with Gasteiger partial charge in [-0.15, -0.1) is 0 Å². The van der Waals surface area contributed by atoms with Crippen molar-refractivity contribution in [2.45, 2.75) is 6.61 Å². The highest BCUT2D eigenvalue weighted by atomic mass is 16.5. The van der Waals surface area contributed by atoms with Crippen LogP contribution in [0, 0.1) is 0 Å². The lowest BCUT2D eigenvalue weighted by Crippen LogP contribution is -2.19. The molecular weight excluding hydrogens is 156 g/mol. The van der Waals surface area contributed by atoms with E-state index in [2.05, 4.69) is 5.32 Å². The van der Waals surface area contributed by atoms with Gasteiger partial charge in [-0.2, -0.15) is 0 Å². The number of rotatable bonds is 0. The lowest BCUT2D eigenvalue weighted by Gasteiger charge is -2.16. The van der Waals surface area contributed by atoms with Crippen LogP contribution in [0.5, 0.6) is 0 Å². The van der Waals surface area contributed by atoms with Crippen LogP contribution in [0.15, 0.2) is 18.2 Å². The van der Waals surface area contributed by atoms with Gasteiger partial charge in [0.05, 0.1) is 11.4 Å². The Balaban J connectivity index is 2.43. The van der Waals surface area contributed by atoms with E-state index in [4.69, 9.17) is 10.5 Å². The van der Waals surface area contributed by atoms with Gasteiger partial charge in [0.2, 0.25) is 0 Å². The van der Waals surface area contributed by atoms with Crippen LogP contribution < -0.4 is 11.1 Å². The molecular formula is C8H7N2O2. The second-order valence-electron chi connectivity index (χ2n) is 2.57. The van der Waals surface area contributed by atoms with E-state index in [0.717, 1.165) is 11.3 Å². The van der Waals surface area contributed by atoms with E-state index >= 15 is 0 Å². The maximum Gasteiger partial charge on any atom is 0.411 e. The minimum atomic E-state index is -0.430. The fourth-order valence-corrected chi connectivity index (χ4v) is 1.12. The summed E-state index contributed by atoms with van der Waals surface area (Å²) < 4.78 is 4.73. The molecule has 0 aliphatic carbocycles. The molecule has 0 atom stereocenters. The van der Waals surface area contributed by atoms with Gasteiger partial charge in [-0.1, -0.05) is 0 Å². The van der Waals surface area contributed by atoms with E-state index in [9.17, 15) is 4.79 Å². The quantitative estimate of drug-likeness (QED) is 0.632. The Morgan fingerprint density at radius 2 is 2.33 bits per heavy atom. The fourth-order valence-electron chi connectivity index (χ4n) is 1.12. The number of carbonyl (C=O) groups excluding carboxylic acids is 1. The lowest BCUT2D eigenvalue weighted by molar-refractivity contribution is 0.151. The zero-order valence-corrected chi connectivity index (χ0v) is 6.26. The summed E-state index contributed by atoms with van der Waals surface area (Å²) in [5.41, 5.74) is 9.33. The SMILES string of the molecule is [NH]c1ccc2c(c1)COC(=O)N2. The number of benzene rings is 1. The van der Waals surface area contributed by atoms with Crippen LogP contribution in [-0.4, -0.2) is 6.09 Å². The molecule has 1 aromatic rings. The Bertz CT molecular complexity index is 336. The van der Waals surface area contributed by atoms with Crippen molar-refractivity contribution in [2.75, 3.05) is 5.32 Å². The highest BCUT2D eigenvalue weighted by Crippen LogP contribution is 2.23. The molecule has 1 heterocycles. The molecule has 1 amide bonds. The number of amides is 1. The van der Waals surface area contributed by atoms with Crippen molar-refractivity contribution in [3.05, 3.63) is 23.8 Å². The smallest absolute Gasteiger partial charge is 0.411 e. The molecule has 0 unspecified atom stereocenters. The third-order valence-electron chi connectivity index (χ3n) is 1.70. The van der Waals surface area contributed by atoms with Gasteiger partial charge in [0, 0.05) is 5.56 Å².